The third-order valence-electron chi connectivity index (χ3n) is 1.25. The van der Waals surface area contributed by atoms with Crippen LogP contribution in [0, 0.1) is 20.2 Å². The van der Waals surface area contributed by atoms with Gasteiger partial charge >= 0.3 is 34.2 Å². The molecule has 0 unspecified atom stereocenters. The summed E-state index contributed by atoms with van der Waals surface area (Å²) in [6.07, 6.45) is 1.13. The fraction of sp³-hybridized carbons (Fsp3) is 0. The van der Waals surface area contributed by atoms with Gasteiger partial charge in [-0.2, -0.15) is 8.42 Å². The van der Waals surface area contributed by atoms with E-state index in [1.165, 1.54) is 6.07 Å². The van der Waals surface area contributed by atoms with Crippen LogP contribution in [-0.4, -0.2) is 32.4 Å². The number of hydrogen-bond acceptors (Lipinski definition) is 8. The third-order valence-corrected chi connectivity index (χ3v) is 2.18. The SMILES string of the molecule is O=S(O)OS(=O)O.O=[N+]([O-])c1cccnc1[N+](=O)[O-]. The van der Waals surface area contributed by atoms with Crippen LogP contribution < -0.4 is 0 Å². The minimum Gasteiger partial charge on any atom is -0.358 e. The number of nitrogens with zero attached hydrogens (tertiary/aromatic N) is 3. The molecule has 1 rings (SSSR count). The molecule has 0 amide bonds. The van der Waals surface area contributed by atoms with Gasteiger partial charge in [-0.25, -0.2) is 0 Å². The first kappa shape index (κ1) is 17.1. The van der Waals surface area contributed by atoms with E-state index in [9.17, 15) is 28.6 Å². The number of pyridine rings is 1. The molecule has 1 aromatic heterocycles. The van der Waals surface area contributed by atoms with Crippen molar-refractivity contribution in [3.05, 3.63) is 38.6 Å². The summed E-state index contributed by atoms with van der Waals surface area (Å²) < 4.78 is 37.2. The summed E-state index contributed by atoms with van der Waals surface area (Å²) in [5.41, 5.74) is -0.595. The van der Waals surface area contributed by atoms with Gasteiger partial charge in [0.1, 0.15) is 6.20 Å². The molecule has 19 heavy (non-hydrogen) atoms. The lowest BCUT2D eigenvalue weighted by atomic mass is 10.4. The van der Waals surface area contributed by atoms with E-state index in [2.05, 4.69) is 8.61 Å². The molecule has 106 valence electrons. The zero-order valence-electron chi connectivity index (χ0n) is 8.64. The van der Waals surface area contributed by atoms with Gasteiger partial charge in [-0.1, -0.05) is 0 Å². The number of hydrogen-bond donors (Lipinski definition) is 2. The van der Waals surface area contributed by atoms with E-state index in [1.807, 2.05) is 0 Å². The molecule has 2 N–H and O–H groups in total. The van der Waals surface area contributed by atoms with Crippen molar-refractivity contribution in [1.29, 1.82) is 0 Å². The Morgan fingerprint density at radius 3 is 1.95 bits per heavy atom. The third kappa shape index (κ3) is 7.21. The normalized spacial score (nSPS) is 12.7. The van der Waals surface area contributed by atoms with E-state index in [0.29, 0.717) is 0 Å². The first-order valence-electron chi connectivity index (χ1n) is 3.90. The van der Waals surface area contributed by atoms with Crippen molar-refractivity contribution >= 4 is 34.2 Å². The van der Waals surface area contributed by atoms with E-state index in [4.69, 9.17) is 9.11 Å². The summed E-state index contributed by atoms with van der Waals surface area (Å²) >= 11 is -5.29. The molecule has 12 nitrogen and oxygen atoms in total. The van der Waals surface area contributed by atoms with E-state index in [-0.39, 0.29) is 0 Å². The Bertz CT molecular complexity index is 475. The van der Waals surface area contributed by atoms with Gasteiger partial charge in [0.25, 0.3) is 0 Å². The highest BCUT2D eigenvalue weighted by molar-refractivity contribution is 7.87. The van der Waals surface area contributed by atoms with Crippen LogP contribution in [-0.2, 0) is 26.4 Å². The van der Waals surface area contributed by atoms with Crippen LogP contribution in [0.1, 0.15) is 0 Å². The summed E-state index contributed by atoms with van der Waals surface area (Å²) in [6.45, 7) is 0. The average Bonchev–Trinajstić information content (AvgIpc) is 2.27. The second-order valence-corrected chi connectivity index (χ2v) is 3.78. The molecule has 0 atom stereocenters. The minimum atomic E-state index is -2.65. The Hall–Kier alpha value is -1.87. The summed E-state index contributed by atoms with van der Waals surface area (Å²) in [6, 6.07) is 2.30. The van der Waals surface area contributed by atoms with Crippen molar-refractivity contribution in [3.8, 4) is 0 Å². The van der Waals surface area contributed by atoms with Gasteiger partial charge in [-0.05, 0) is 16.0 Å². The molecule has 0 fully saturated rings. The zero-order chi connectivity index (χ0) is 15.0. The maximum Gasteiger partial charge on any atom is 0.442 e. The Kier molecular flexibility index (Phi) is 7.46. The Labute approximate surface area is 109 Å². The summed E-state index contributed by atoms with van der Waals surface area (Å²) in [7, 11) is 0. The van der Waals surface area contributed by atoms with Crippen molar-refractivity contribution in [2.24, 2.45) is 0 Å². The van der Waals surface area contributed by atoms with Gasteiger partial charge in [0.05, 0.1) is 4.92 Å². The van der Waals surface area contributed by atoms with Gasteiger partial charge in [-0.15, -0.1) is 3.63 Å². The molecule has 0 bridgehead atoms. The molecule has 0 aliphatic rings. The van der Waals surface area contributed by atoms with Gasteiger partial charge in [0.2, 0.25) is 0 Å². The summed E-state index contributed by atoms with van der Waals surface area (Å²) in [5, 5.41) is 20.4. The Morgan fingerprint density at radius 2 is 1.68 bits per heavy atom. The molecule has 0 saturated heterocycles. The Morgan fingerprint density at radius 1 is 1.16 bits per heavy atom. The van der Waals surface area contributed by atoms with E-state index < -0.39 is 44.1 Å². The van der Waals surface area contributed by atoms with Crippen LogP contribution in [0.15, 0.2) is 18.3 Å². The molecular weight excluding hydrogens is 310 g/mol. The average molecular weight is 315 g/mol. The molecule has 0 aliphatic heterocycles. The first-order valence-corrected chi connectivity index (χ1v) is 5.96. The molecule has 1 heterocycles. The predicted molar refractivity (Wildman–Crippen MR) is 60.2 cm³/mol. The van der Waals surface area contributed by atoms with Crippen LogP contribution in [0.25, 0.3) is 0 Å². The molecule has 0 radical (unpaired) electrons. The van der Waals surface area contributed by atoms with Crippen molar-refractivity contribution in [2.75, 3.05) is 0 Å². The highest BCUT2D eigenvalue weighted by Gasteiger charge is 2.23. The van der Waals surface area contributed by atoms with Crippen molar-refractivity contribution in [2.45, 2.75) is 0 Å². The van der Waals surface area contributed by atoms with Crippen molar-refractivity contribution in [3.63, 3.8) is 0 Å². The Balaban J connectivity index is 0.000000399. The number of aromatic nitrogens is 1. The summed E-state index contributed by atoms with van der Waals surface area (Å²) in [5.74, 6) is -0.734. The summed E-state index contributed by atoms with van der Waals surface area (Å²) in [4.78, 5) is 21.9. The monoisotopic (exact) mass is 315 g/mol. The highest BCUT2D eigenvalue weighted by atomic mass is 32.3. The molecule has 1 aromatic rings. The maximum atomic E-state index is 10.2. The van der Waals surface area contributed by atoms with Gasteiger partial charge in [-0.3, -0.25) is 19.2 Å². The number of nitro groups is 2. The first-order chi connectivity index (χ1) is 8.75. The predicted octanol–water partition coefficient (Wildman–Crippen LogP) is 0.174. The van der Waals surface area contributed by atoms with Crippen molar-refractivity contribution < 1.29 is 31.0 Å². The van der Waals surface area contributed by atoms with Gasteiger partial charge < -0.3 is 10.1 Å². The van der Waals surface area contributed by atoms with E-state index in [0.717, 1.165) is 12.3 Å². The van der Waals surface area contributed by atoms with Crippen LogP contribution in [0.2, 0.25) is 0 Å². The van der Waals surface area contributed by atoms with Gasteiger partial charge in [0.15, 0.2) is 0 Å². The molecule has 0 saturated carbocycles. The molecule has 0 aliphatic carbocycles. The minimum absolute atomic E-state index is 0.595. The highest BCUT2D eigenvalue weighted by Crippen LogP contribution is 2.21. The standard InChI is InChI=1S/C5H3N3O4.H2O5S2/c9-7(10)4-2-1-3-6-5(4)8(11)12;1-6(2)5-7(3)4/h1-3H;(H,1,2)(H,3,4). The molecular formula is C5H5N3O9S2. The second-order valence-electron chi connectivity index (χ2n) is 2.36. The molecule has 14 heteroatoms. The fourth-order valence-corrected chi connectivity index (χ4v) is 1.12. The quantitative estimate of drug-likeness (QED) is 0.441. The van der Waals surface area contributed by atoms with Crippen LogP contribution in [0.5, 0.6) is 0 Å². The smallest absolute Gasteiger partial charge is 0.358 e. The topological polar surface area (TPSA) is 183 Å². The second kappa shape index (κ2) is 8.27. The van der Waals surface area contributed by atoms with Crippen molar-refractivity contribution in [1.82, 2.24) is 4.98 Å². The van der Waals surface area contributed by atoms with Crippen LogP contribution in [0.4, 0.5) is 11.5 Å². The number of rotatable bonds is 4. The lowest BCUT2D eigenvalue weighted by molar-refractivity contribution is -0.425. The lowest BCUT2D eigenvalue weighted by Crippen LogP contribution is -1.97. The maximum absolute atomic E-state index is 10.2. The van der Waals surface area contributed by atoms with E-state index >= 15 is 0 Å². The van der Waals surface area contributed by atoms with Crippen LogP contribution >= 0.6 is 0 Å². The zero-order valence-corrected chi connectivity index (χ0v) is 10.3. The molecule has 0 spiro atoms. The lowest BCUT2D eigenvalue weighted by Gasteiger charge is -1.91. The van der Waals surface area contributed by atoms with Crippen LogP contribution in [0.3, 0.4) is 0 Å². The van der Waals surface area contributed by atoms with E-state index in [1.54, 1.807) is 0 Å². The largest absolute Gasteiger partial charge is 0.442 e. The van der Waals surface area contributed by atoms with Gasteiger partial charge in [0, 0.05) is 6.07 Å². The fourth-order valence-electron chi connectivity index (χ4n) is 0.721. The molecule has 0 aromatic carbocycles.